The fraction of sp³-hybridized carbons (Fsp3) is 0.389. The molecule has 1 aromatic heterocycles. The van der Waals surface area contributed by atoms with E-state index in [-0.39, 0.29) is 12.1 Å². The molecule has 0 aliphatic carbocycles. The number of nitrogens with one attached hydrogen (secondary N) is 1. The molecule has 0 bridgehead atoms. The van der Waals surface area contributed by atoms with Crippen LogP contribution in [-0.4, -0.2) is 46.9 Å². The molecule has 0 spiro atoms. The normalized spacial score (nSPS) is 16.8. The highest BCUT2D eigenvalue weighted by Crippen LogP contribution is 2.15. The Bertz CT molecular complexity index is 636. The van der Waals surface area contributed by atoms with Gasteiger partial charge in [-0.25, -0.2) is 4.79 Å². The second-order valence-corrected chi connectivity index (χ2v) is 5.86. The van der Waals surface area contributed by atoms with Crippen LogP contribution in [0.4, 0.5) is 4.79 Å². The Balaban J connectivity index is 1.35. The summed E-state index contributed by atoms with van der Waals surface area (Å²) < 4.78 is 5.74. The Morgan fingerprint density at radius 2 is 2.12 bits per heavy atom. The van der Waals surface area contributed by atoms with Crippen molar-refractivity contribution in [2.24, 2.45) is 0 Å². The molecule has 24 heavy (non-hydrogen) atoms. The first kappa shape index (κ1) is 16.2. The fourth-order valence-electron chi connectivity index (χ4n) is 2.77. The van der Waals surface area contributed by atoms with Crippen LogP contribution in [0, 0.1) is 0 Å². The van der Waals surface area contributed by atoms with E-state index in [0.29, 0.717) is 25.5 Å². The Hall–Kier alpha value is -2.63. The fourth-order valence-corrected chi connectivity index (χ4v) is 2.77. The van der Waals surface area contributed by atoms with E-state index < -0.39 is 0 Å². The molecule has 1 aromatic carbocycles. The summed E-state index contributed by atoms with van der Waals surface area (Å²) in [5, 5.41) is 10.7. The molecule has 6 nitrogen and oxygen atoms in total. The lowest BCUT2D eigenvalue weighted by Gasteiger charge is -2.17. The van der Waals surface area contributed by atoms with Crippen molar-refractivity contribution < 1.29 is 9.53 Å². The number of aryl methyl sites for hydroxylation is 1. The summed E-state index contributed by atoms with van der Waals surface area (Å²) in [4.78, 5) is 14.0. The van der Waals surface area contributed by atoms with Gasteiger partial charge in [-0.3, -0.25) is 0 Å². The van der Waals surface area contributed by atoms with Gasteiger partial charge >= 0.3 is 6.03 Å². The average Bonchev–Trinajstić information content (AvgIpc) is 3.09. The molecule has 0 saturated carbocycles. The minimum absolute atomic E-state index is 0.0169. The number of hydrogen-bond donors (Lipinski definition) is 1. The first-order chi connectivity index (χ1) is 11.8. The third kappa shape index (κ3) is 4.68. The molecule has 2 amide bonds. The van der Waals surface area contributed by atoms with Crippen LogP contribution in [0.3, 0.4) is 0 Å². The van der Waals surface area contributed by atoms with Gasteiger partial charge in [0.2, 0.25) is 5.88 Å². The van der Waals surface area contributed by atoms with Crippen LogP contribution in [0.5, 0.6) is 5.88 Å². The monoisotopic (exact) mass is 326 g/mol. The summed E-state index contributed by atoms with van der Waals surface area (Å²) in [5.41, 5.74) is 1.30. The SMILES string of the molecule is O=C(NCCCc1ccccc1)N1CC[C@H](Oc2cccnn2)C1. The van der Waals surface area contributed by atoms with Crippen molar-refractivity contribution in [1.29, 1.82) is 0 Å². The van der Waals surface area contributed by atoms with Gasteiger partial charge in [-0.2, -0.15) is 5.10 Å². The molecule has 6 heteroatoms. The van der Waals surface area contributed by atoms with Crippen LogP contribution in [0.1, 0.15) is 18.4 Å². The molecule has 2 aromatic rings. The lowest BCUT2D eigenvalue weighted by atomic mass is 10.1. The van der Waals surface area contributed by atoms with E-state index in [9.17, 15) is 4.79 Å². The summed E-state index contributed by atoms with van der Waals surface area (Å²) in [6.07, 6.45) is 4.31. The topological polar surface area (TPSA) is 67.4 Å². The van der Waals surface area contributed by atoms with Crippen LogP contribution >= 0.6 is 0 Å². The highest BCUT2D eigenvalue weighted by molar-refractivity contribution is 5.74. The predicted octanol–water partition coefficient (Wildman–Crippen LogP) is 2.27. The number of amides is 2. The van der Waals surface area contributed by atoms with Gasteiger partial charge < -0.3 is 15.0 Å². The molecule has 0 unspecified atom stereocenters. The molecule has 2 heterocycles. The number of aromatic nitrogens is 2. The highest BCUT2D eigenvalue weighted by atomic mass is 16.5. The van der Waals surface area contributed by atoms with Crippen LogP contribution < -0.4 is 10.1 Å². The Morgan fingerprint density at radius 3 is 2.92 bits per heavy atom. The zero-order valence-electron chi connectivity index (χ0n) is 13.6. The number of benzene rings is 1. The largest absolute Gasteiger partial charge is 0.471 e. The van der Waals surface area contributed by atoms with Crippen molar-refractivity contribution in [3.8, 4) is 5.88 Å². The minimum atomic E-state index is -0.0201. The maximum Gasteiger partial charge on any atom is 0.317 e. The van der Waals surface area contributed by atoms with E-state index in [1.165, 1.54) is 5.56 Å². The van der Waals surface area contributed by atoms with Crippen molar-refractivity contribution in [2.75, 3.05) is 19.6 Å². The lowest BCUT2D eigenvalue weighted by molar-refractivity contribution is 0.182. The first-order valence-electron chi connectivity index (χ1n) is 8.32. The van der Waals surface area contributed by atoms with E-state index in [1.54, 1.807) is 23.2 Å². The second kappa shape index (κ2) is 8.29. The molecular formula is C18H22N4O2. The van der Waals surface area contributed by atoms with Crippen molar-refractivity contribution in [3.05, 3.63) is 54.2 Å². The maximum atomic E-state index is 12.2. The molecule has 1 N–H and O–H groups in total. The van der Waals surface area contributed by atoms with Gasteiger partial charge in [-0.1, -0.05) is 30.3 Å². The number of ether oxygens (including phenoxy) is 1. The number of urea groups is 1. The van der Waals surface area contributed by atoms with Gasteiger partial charge in [0.15, 0.2) is 0 Å². The smallest absolute Gasteiger partial charge is 0.317 e. The minimum Gasteiger partial charge on any atom is -0.471 e. The standard InChI is InChI=1S/C18H22N4O2/c23-18(19-11-4-8-15-6-2-1-3-7-15)22-13-10-16(14-22)24-17-9-5-12-20-21-17/h1-3,5-7,9,12,16H,4,8,10-11,13-14H2,(H,19,23)/t16-/m0/s1. The number of carbonyl (C=O) groups excluding carboxylic acids is 1. The van der Waals surface area contributed by atoms with E-state index >= 15 is 0 Å². The van der Waals surface area contributed by atoms with E-state index in [0.717, 1.165) is 19.3 Å². The van der Waals surface area contributed by atoms with Gasteiger partial charge in [0, 0.05) is 31.8 Å². The predicted molar refractivity (Wildman–Crippen MR) is 90.8 cm³/mol. The summed E-state index contributed by atoms with van der Waals surface area (Å²) in [6, 6.07) is 13.8. The summed E-state index contributed by atoms with van der Waals surface area (Å²) in [7, 11) is 0. The van der Waals surface area contributed by atoms with Crippen LogP contribution in [0.15, 0.2) is 48.7 Å². The molecule has 126 valence electrons. The number of likely N-dealkylation sites (tertiary alicyclic amines) is 1. The van der Waals surface area contributed by atoms with Gasteiger partial charge in [0.1, 0.15) is 6.10 Å². The zero-order chi connectivity index (χ0) is 16.6. The molecule has 1 saturated heterocycles. The Labute approximate surface area is 141 Å². The number of rotatable bonds is 6. The lowest BCUT2D eigenvalue weighted by Crippen LogP contribution is -2.39. The van der Waals surface area contributed by atoms with Crippen molar-refractivity contribution >= 4 is 6.03 Å². The molecule has 1 aliphatic heterocycles. The molecular weight excluding hydrogens is 304 g/mol. The van der Waals surface area contributed by atoms with Gasteiger partial charge in [0.05, 0.1) is 6.54 Å². The van der Waals surface area contributed by atoms with Crippen LogP contribution in [-0.2, 0) is 6.42 Å². The number of hydrogen-bond acceptors (Lipinski definition) is 4. The second-order valence-electron chi connectivity index (χ2n) is 5.86. The summed E-state index contributed by atoms with van der Waals surface area (Å²) in [6.45, 7) is 1.97. The summed E-state index contributed by atoms with van der Waals surface area (Å²) >= 11 is 0. The highest BCUT2D eigenvalue weighted by Gasteiger charge is 2.27. The Kier molecular flexibility index (Phi) is 5.61. The van der Waals surface area contributed by atoms with Gasteiger partial charge in [0.25, 0.3) is 0 Å². The Morgan fingerprint density at radius 1 is 1.25 bits per heavy atom. The van der Waals surface area contributed by atoms with Crippen molar-refractivity contribution in [1.82, 2.24) is 20.4 Å². The molecule has 1 fully saturated rings. The third-order valence-electron chi connectivity index (χ3n) is 4.03. The molecule has 1 atom stereocenters. The van der Waals surface area contributed by atoms with Crippen LogP contribution in [0.2, 0.25) is 0 Å². The third-order valence-corrected chi connectivity index (χ3v) is 4.03. The molecule has 1 aliphatic rings. The maximum absolute atomic E-state index is 12.2. The average molecular weight is 326 g/mol. The zero-order valence-corrected chi connectivity index (χ0v) is 13.6. The molecule has 0 radical (unpaired) electrons. The molecule has 3 rings (SSSR count). The first-order valence-corrected chi connectivity index (χ1v) is 8.32. The number of carbonyl (C=O) groups is 1. The van der Waals surface area contributed by atoms with Crippen LogP contribution in [0.25, 0.3) is 0 Å². The summed E-state index contributed by atoms with van der Waals surface area (Å²) in [5.74, 6) is 0.507. The quantitative estimate of drug-likeness (QED) is 0.827. The van der Waals surface area contributed by atoms with Crippen molar-refractivity contribution in [3.63, 3.8) is 0 Å². The van der Waals surface area contributed by atoms with E-state index in [2.05, 4.69) is 27.6 Å². The van der Waals surface area contributed by atoms with E-state index in [1.807, 2.05) is 18.2 Å². The van der Waals surface area contributed by atoms with Gasteiger partial charge in [-0.15, -0.1) is 5.10 Å². The van der Waals surface area contributed by atoms with E-state index in [4.69, 9.17) is 4.74 Å². The van der Waals surface area contributed by atoms with Crippen molar-refractivity contribution in [2.45, 2.75) is 25.4 Å². The number of nitrogens with zero attached hydrogens (tertiary/aromatic N) is 3. The van der Waals surface area contributed by atoms with Gasteiger partial charge in [-0.05, 0) is 24.5 Å².